The molecule has 1 aromatic carbocycles. The third-order valence-corrected chi connectivity index (χ3v) is 1.47. The van der Waals surface area contributed by atoms with Crippen LogP contribution in [0.1, 0.15) is 13.8 Å². The van der Waals surface area contributed by atoms with E-state index in [4.69, 9.17) is 14.6 Å². The lowest BCUT2D eigenvalue weighted by Gasteiger charge is -2.08. The summed E-state index contributed by atoms with van der Waals surface area (Å²) in [6.45, 7) is 4.09. The highest BCUT2D eigenvalue weighted by Crippen LogP contribution is 2.27. The Kier molecular flexibility index (Phi) is 7.36. The van der Waals surface area contributed by atoms with E-state index in [1.165, 1.54) is 25.3 Å². The van der Waals surface area contributed by atoms with Crippen LogP contribution in [0.25, 0.3) is 0 Å². The SMILES string of the molecule is CC.COc1cc(F)ccc1OCCO. The summed E-state index contributed by atoms with van der Waals surface area (Å²) in [5.41, 5.74) is 0. The molecule has 0 fully saturated rings. The minimum absolute atomic E-state index is 0.0828. The second-order valence-electron chi connectivity index (χ2n) is 2.37. The minimum atomic E-state index is -0.381. The third-order valence-electron chi connectivity index (χ3n) is 1.47. The van der Waals surface area contributed by atoms with Gasteiger partial charge < -0.3 is 14.6 Å². The van der Waals surface area contributed by atoms with Crippen molar-refractivity contribution in [2.24, 2.45) is 0 Å². The van der Waals surface area contributed by atoms with Crippen LogP contribution in [0.5, 0.6) is 11.5 Å². The number of halogens is 1. The number of aliphatic hydroxyl groups excluding tert-OH is 1. The number of ether oxygens (including phenoxy) is 2. The molecule has 0 amide bonds. The lowest BCUT2D eigenvalue weighted by Crippen LogP contribution is -2.03. The largest absolute Gasteiger partial charge is 0.493 e. The molecule has 1 aromatic rings. The van der Waals surface area contributed by atoms with Gasteiger partial charge in [0.15, 0.2) is 11.5 Å². The van der Waals surface area contributed by atoms with Gasteiger partial charge in [0.25, 0.3) is 0 Å². The zero-order valence-corrected chi connectivity index (χ0v) is 9.29. The van der Waals surface area contributed by atoms with Crippen molar-refractivity contribution >= 4 is 0 Å². The maximum Gasteiger partial charge on any atom is 0.163 e. The van der Waals surface area contributed by atoms with Gasteiger partial charge in [-0.2, -0.15) is 0 Å². The molecule has 0 atom stereocenters. The first kappa shape index (κ1) is 13.7. The van der Waals surface area contributed by atoms with Crippen LogP contribution in [0.4, 0.5) is 4.39 Å². The van der Waals surface area contributed by atoms with Gasteiger partial charge in [0.1, 0.15) is 12.4 Å². The van der Waals surface area contributed by atoms with Gasteiger partial charge in [-0.3, -0.25) is 0 Å². The lowest BCUT2D eigenvalue weighted by molar-refractivity contribution is 0.196. The van der Waals surface area contributed by atoms with Crippen molar-refractivity contribution in [2.75, 3.05) is 20.3 Å². The normalized spacial score (nSPS) is 8.87. The molecular weight excluding hydrogens is 199 g/mol. The Bertz CT molecular complexity index is 277. The van der Waals surface area contributed by atoms with Crippen LogP contribution in [0, 0.1) is 5.82 Å². The fraction of sp³-hybridized carbons (Fsp3) is 0.455. The molecule has 0 heterocycles. The highest BCUT2D eigenvalue weighted by Gasteiger charge is 2.04. The van der Waals surface area contributed by atoms with Crippen LogP contribution in [-0.2, 0) is 0 Å². The Hall–Kier alpha value is -1.29. The van der Waals surface area contributed by atoms with Gasteiger partial charge in [-0.1, -0.05) is 13.8 Å². The molecule has 1 rings (SSSR count). The van der Waals surface area contributed by atoms with Crippen LogP contribution in [-0.4, -0.2) is 25.4 Å². The number of hydrogen-bond donors (Lipinski definition) is 1. The smallest absolute Gasteiger partial charge is 0.163 e. The van der Waals surface area contributed by atoms with Crippen molar-refractivity contribution in [3.05, 3.63) is 24.0 Å². The average molecular weight is 216 g/mol. The second kappa shape index (κ2) is 8.05. The van der Waals surface area contributed by atoms with E-state index in [-0.39, 0.29) is 19.0 Å². The number of hydrogen-bond acceptors (Lipinski definition) is 3. The minimum Gasteiger partial charge on any atom is -0.493 e. The molecule has 3 nitrogen and oxygen atoms in total. The highest BCUT2D eigenvalue weighted by atomic mass is 19.1. The molecule has 0 aliphatic rings. The van der Waals surface area contributed by atoms with Crippen molar-refractivity contribution < 1.29 is 19.0 Å². The van der Waals surface area contributed by atoms with Crippen molar-refractivity contribution in [1.29, 1.82) is 0 Å². The molecule has 0 spiro atoms. The van der Waals surface area contributed by atoms with Crippen LogP contribution >= 0.6 is 0 Å². The number of aliphatic hydroxyl groups is 1. The van der Waals surface area contributed by atoms with E-state index in [0.29, 0.717) is 11.5 Å². The fourth-order valence-corrected chi connectivity index (χ4v) is 0.916. The van der Waals surface area contributed by atoms with Crippen LogP contribution in [0.15, 0.2) is 18.2 Å². The molecule has 15 heavy (non-hydrogen) atoms. The monoisotopic (exact) mass is 216 g/mol. The number of methoxy groups -OCH3 is 1. The van der Waals surface area contributed by atoms with Crippen molar-refractivity contribution in [3.8, 4) is 11.5 Å². The van der Waals surface area contributed by atoms with E-state index in [1.54, 1.807) is 0 Å². The van der Waals surface area contributed by atoms with Crippen LogP contribution < -0.4 is 9.47 Å². The summed E-state index contributed by atoms with van der Waals surface area (Å²) < 4.78 is 22.6. The summed E-state index contributed by atoms with van der Waals surface area (Å²) in [4.78, 5) is 0. The zero-order valence-electron chi connectivity index (χ0n) is 9.29. The van der Waals surface area contributed by atoms with Gasteiger partial charge in [0, 0.05) is 6.07 Å². The Labute approximate surface area is 89.4 Å². The van der Waals surface area contributed by atoms with E-state index in [1.807, 2.05) is 13.8 Å². The molecule has 0 radical (unpaired) electrons. The predicted octanol–water partition coefficient (Wildman–Crippen LogP) is 2.23. The van der Waals surface area contributed by atoms with E-state index in [0.717, 1.165) is 0 Å². The standard InChI is InChI=1S/C9H11FO3.C2H6/c1-12-9-6-7(10)2-3-8(9)13-5-4-11;1-2/h2-3,6,11H,4-5H2,1H3;1-2H3. The summed E-state index contributed by atoms with van der Waals surface area (Å²) >= 11 is 0. The summed E-state index contributed by atoms with van der Waals surface area (Å²) in [7, 11) is 1.43. The lowest BCUT2D eigenvalue weighted by atomic mass is 10.3. The van der Waals surface area contributed by atoms with Gasteiger partial charge in [-0.05, 0) is 12.1 Å². The highest BCUT2D eigenvalue weighted by molar-refractivity contribution is 5.39. The summed E-state index contributed by atoms with van der Waals surface area (Å²) in [6, 6.07) is 3.96. The Morgan fingerprint density at radius 1 is 1.27 bits per heavy atom. The van der Waals surface area contributed by atoms with Gasteiger partial charge in [-0.15, -0.1) is 0 Å². The number of rotatable bonds is 4. The molecule has 0 bridgehead atoms. The van der Waals surface area contributed by atoms with Gasteiger partial charge in [-0.25, -0.2) is 4.39 Å². The Balaban J connectivity index is 0.000000921. The molecular formula is C11H17FO3. The average Bonchev–Trinajstić information content (AvgIpc) is 2.30. The van der Waals surface area contributed by atoms with Crippen molar-refractivity contribution in [1.82, 2.24) is 0 Å². The molecule has 0 aliphatic carbocycles. The second-order valence-corrected chi connectivity index (χ2v) is 2.37. The predicted molar refractivity (Wildman–Crippen MR) is 56.9 cm³/mol. The Morgan fingerprint density at radius 2 is 1.93 bits per heavy atom. The summed E-state index contributed by atoms with van der Waals surface area (Å²) in [5, 5.41) is 8.51. The van der Waals surface area contributed by atoms with E-state index in [9.17, 15) is 4.39 Å². The third kappa shape index (κ3) is 4.65. The first-order valence-electron chi connectivity index (χ1n) is 4.85. The summed E-state index contributed by atoms with van der Waals surface area (Å²) in [6.07, 6.45) is 0. The first-order valence-corrected chi connectivity index (χ1v) is 4.85. The molecule has 0 aliphatic heterocycles. The molecule has 0 saturated carbocycles. The maximum atomic E-state index is 12.7. The zero-order chi connectivity index (χ0) is 11.7. The van der Waals surface area contributed by atoms with Crippen LogP contribution in [0.3, 0.4) is 0 Å². The number of benzene rings is 1. The summed E-state index contributed by atoms with van der Waals surface area (Å²) in [5.74, 6) is 0.375. The molecule has 0 saturated heterocycles. The molecule has 1 N–H and O–H groups in total. The molecule has 0 unspecified atom stereocenters. The van der Waals surface area contributed by atoms with Crippen molar-refractivity contribution in [2.45, 2.75) is 13.8 Å². The van der Waals surface area contributed by atoms with E-state index >= 15 is 0 Å². The molecule has 4 heteroatoms. The molecule has 0 aromatic heterocycles. The van der Waals surface area contributed by atoms with E-state index < -0.39 is 0 Å². The van der Waals surface area contributed by atoms with Gasteiger partial charge in [0.2, 0.25) is 0 Å². The first-order chi connectivity index (χ1) is 7.27. The van der Waals surface area contributed by atoms with Gasteiger partial charge >= 0.3 is 0 Å². The fourth-order valence-electron chi connectivity index (χ4n) is 0.916. The topological polar surface area (TPSA) is 38.7 Å². The Morgan fingerprint density at radius 3 is 2.47 bits per heavy atom. The van der Waals surface area contributed by atoms with Crippen LogP contribution in [0.2, 0.25) is 0 Å². The van der Waals surface area contributed by atoms with Crippen molar-refractivity contribution in [3.63, 3.8) is 0 Å². The van der Waals surface area contributed by atoms with E-state index in [2.05, 4.69) is 0 Å². The maximum absolute atomic E-state index is 12.7. The molecule has 86 valence electrons. The quantitative estimate of drug-likeness (QED) is 0.838. The van der Waals surface area contributed by atoms with Gasteiger partial charge in [0.05, 0.1) is 13.7 Å².